The van der Waals surface area contributed by atoms with Crippen molar-refractivity contribution >= 4 is 15.6 Å². The predicted molar refractivity (Wildman–Crippen MR) is 62.0 cm³/mol. The minimum atomic E-state index is -2.21. The Kier molecular flexibility index (Phi) is 2.76. The Morgan fingerprint density at radius 1 is 1.57 bits per heavy atom. The van der Waals surface area contributed by atoms with Crippen LogP contribution in [0.2, 0.25) is 0 Å². The van der Waals surface area contributed by atoms with Crippen LogP contribution in [0.25, 0.3) is 0 Å². The van der Waals surface area contributed by atoms with Crippen molar-refractivity contribution in [1.82, 2.24) is 8.96 Å². The zero-order valence-corrected chi connectivity index (χ0v) is 10.1. The second-order valence-electron chi connectivity index (χ2n) is 4.87. The first-order valence-electron chi connectivity index (χ1n) is 4.55. The van der Waals surface area contributed by atoms with Crippen LogP contribution in [0.1, 0.15) is 26.6 Å². The molecule has 1 aromatic rings. The largest absolute Gasteiger partial charge is 0.261 e. The van der Waals surface area contributed by atoms with E-state index < -0.39 is 9.71 Å². The number of hydrogen-bond acceptors (Lipinski definition) is 2. The van der Waals surface area contributed by atoms with Crippen LogP contribution in [-0.2, 0) is 16.1 Å². The lowest BCUT2D eigenvalue weighted by atomic mass is 9.92. The van der Waals surface area contributed by atoms with Gasteiger partial charge in [0.1, 0.15) is 5.82 Å². The molecule has 14 heavy (non-hydrogen) atoms. The third kappa shape index (κ3) is 2.87. The van der Waals surface area contributed by atoms with Crippen LogP contribution < -0.4 is 0 Å². The smallest absolute Gasteiger partial charge is 0.120 e. The molecule has 0 aliphatic rings. The quantitative estimate of drug-likeness (QED) is 0.701. The Bertz CT molecular complexity index is 410. The van der Waals surface area contributed by atoms with E-state index in [9.17, 15) is 4.21 Å². The molecule has 80 valence electrons. The van der Waals surface area contributed by atoms with Crippen molar-refractivity contribution in [2.24, 2.45) is 5.41 Å². The van der Waals surface area contributed by atoms with Gasteiger partial charge in [-0.3, -0.25) is 3.97 Å². The Labute approximate surface area is 86.3 Å². The van der Waals surface area contributed by atoms with Gasteiger partial charge in [0.25, 0.3) is 0 Å². The lowest BCUT2D eigenvalue weighted by Gasteiger charge is -2.18. The molecule has 1 aromatic heterocycles. The fourth-order valence-corrected chi connectivity index (χ4v) is 2.14. The highest BCUT2D eigenvalue weighted by Crippen LogP contribution is 2.19. The average Bonchev–Trinajstić information content (AvgIpc) is 2.29. The van der Waals surface area contributed by atoms with Gasteiger partial charge in [0, 0.05) is 34.8 Å². The number of aromatic nitrogens is 2. The number of nitrogens with zero attached hydrogens (tertiary/aromatic N) is 2. The van der Waals surface area contributed by atoms with Crippen LogP contribution in [0.5, 0.6) is 0 Å². The summed E-state index contributed by atoms with van der Waals surface area (Å²) in [7, 11) is -2.21. The Hall–Kier alpha value is -0.770. The topological polar surface area (TPSA) is 34.9 Å². The van der Waals surface area contributed by atoms with Crippen molar-refractivity contribution < 1.29 is 4.21 Å². The van der Waals surface area contributed by atoms with Gasteiger partial charge in [-0.25, -0.2) is 9.19 Å². The van der Waals surface area contributed by atoms with E-state index >= 15 is 0 Å². The Balaban J connectivity index is 3.07. The summed E-state index contributed by atoms with van der Waals surface area (Å²) >= 11 is 0. The highest BCUT2D eigenvalue weighted by Gasteiger charge is 2.16. The van der Waals surface area contributed by atoms with E-state index in [1.54, 1.807) is 22.6 Å². The second kappa shape index (κ2) is 3.42. The van der Waals surface area contributed by atoms with Gasteiger partial charge in [-0.2, -0.15) is 0 Å². The number of rotatable bonds is 2. The van der Waals surface area contributed by atoms with Crippen molar-refractivity contribution in [3.8, 4) is 0 Å². The molecule has 0 fully saturated rings. The van der Waals surface area contributed by atoms with Crippen molar-refractivity contribution in [1.29, 1.82) is 0 Å². The molecule has 1 heterocycles. The summed E-state index contributed by atoms with van der Waals surface area (Å²) in [6, 6.07) is 0. The zero-order valence-electron chi connectivity index (χ0n) is 9.28. The van der Waals surface area contributed by atoms with Crippen LogP contribution in [-0.4, -0.2) is 25.3 Å². The van der Waals surface area contributed by atoms with Gasteiger partial charge >= 0.3 is 0 Å². The molecule has 3 nitrogen and oxygen atoms in total. The van der Waals surface area contributed by atoms with Gasteiger partial charge in [0.15, 0.2) is 0 Å². The molecule has 1 atom stereocenters. The fourth-order valence-electron chi connectivity index (χ4n) is 1.27. The van der Waals surface area contributed by atoms with E-state index in [4.69, 9.17) is 0 Å². The van der Waals surface area contributed by atoms with Crippen LogP contribution in [0.3, 0.4) is 0 Å². The van der Waals surface area contributed by atoms with Gasteiger partial charge in [-0.1, -0.05) is 20.8 Å². The Morgan fingerprint density at radius 2 is 2.14 bits per heavy atom. The molecule has 0 amide bonds. The summed E-state index contributed by atoms with van der Waals surface area (Å²) in [6.45, 7) is 6.39. The van der Waals surface area contributed by atoms with Crippen molar-refractivity contribution in [2.75, 3.05) is 6.26 Å². The van der Waals surface area contributed by atoms with Crippen molar-refractivity contribution in [2.45, 2.75) is 27.2 Å². The molecule has 1 rings (SSSR count). The van der Waals surface area contributed by atoms with E-state index in [0.717, 1.165) is 12.2 Å². The standard InChI is InChI=1S/C10H18N2OS/c1-10(2,3)8-9-11-6-7-12(9)14(4,5)13/h6-7H,4,8H2,1-3,5H3. The number of imidazole rings is 1. The first-order chi connectivity index (χ1) is 6.20. The van der Waals surface area contributed by atoms with Crippen LogP contribution >= 0.6 is 0 Å². The van der Waals surface area contributed by atoms with E-state index in [1.165, 1.54) is 0 Å². The molecule has 0 N–H and O–H groups in total. The summed E-state index contributed by atoms with van der Waals surface area (Å²) in [5, 5.41) is 0. The van der Waals surface area contributed by atoms with Gasteiger partial charge in [-0.05, 0) is 11.3 Å². The minimum absolute atomic E-state index is 0.147. The van der Waals surface area contributed by atoms with E-state index in [2.05, 4.69) is 31.6 Å². The molecule has 0 aliphatic carbocycles. The predicted octanol–water partition coefficient (Wildman–Crippen LogP) is 1.58. The maximum Gasteiger partial charge on any atom is 0.120 e. The van der Waals surface area contributed by atoms with Crippen LogP contribution in [0.4, 0.5) is 0 Å². The molecule has 0 radical (unpaired) electrons. The highest BCUT2D eigenvalue weighted by atomic mass is 32.2. The SMILES string of the molecule is C=S(C)(=O)n1ccnc1CC(C)(C)C. The molecular weight excluding hydrogens is 196 g/mol. The van der Waals surface area contributed by atoms with Crippen LogP contribution in [0.15, 0.2) is 12.4 Å². The van der Waals surface area contributed by atoms with E-state index in [1.807, 2.05) is 0 Å². The van der Waals surface area contributed by atoms with E-state index in [0.29, 0.717) is 0 Å². The minimum Gasteiger partial charge on any atom is -0.261 e. The summed E-state index contributed by atoms with van der Waals surface area (Å²) < 4.78 is 13.4. The Morgan fingerprint density at radius 3 is 2.57 bits per heavy atom. The molecule has 0 saturated carbocycles. The molecule has 4 heteroatoms. The summed E-state index contributed by atoms with van der Waals surface area (Å²) in [6.07, 6.45) is 5.84. The lowest BCUT2D eigenvalue weighted by molar-refractivity contribution is 0.400. The van der Waals surface area contributed by atoms with Gasteiger partial charge < -0.3 is 0 Å². The molecule has 0 bridgehead atoms. The second-order valence-corrected chi connectivity index (χ2v) is 7.18. The van der Waals surface area contributed by atoms with Crippen molar-refractivity contribution in [3.05, 3.63) is 18.2 Å². The molecular formula is C10H18N2OS. The fraction of sp³-hybridized carbons (Fsp3) is 0.600. The first kappa shape index (κ1) is 11.3. The van der Waals surface area contributed by atoms with Gasteiger partial charge in [0.2, 0.25) is 0 Å². The third-order valence-electron chi connectivity index (χ3n) is 1.78. The molecule has 0 aliphatic heterocycles. The summed E-state index contributed by atoms with van der Waals surface area (Å²) in [5.74, 6) is 4.50. The third-order valence-corrected chi connectivity index (χ3v) is 2.95. The molecule has 0 spiro atoms. The molecule has 0 saturated heterocycles. The van der Waals surface area contributed by atoms with Crippen LogP contribution in [0, 0.1) is 5.41 Å². The highest BCUT2D eigenvalue weighted by molar-refractivity contribution is 7.98. The summed E-state index contributed by atoms with van der Waals surface area (Å²) in [4.78, 5) is 4.21. The van der Waals surface area contributed by atoms with Gasteiger partial charge in [0.05, 0.1) is 0 Å². The van der Waals surface area contributed by atoms with Gasteiger partial charge in [-0.15, -0.1) is 0 Å². The lowest BCUT2D eigenvalue weighted by Crippen LogP contribution is -2.18. The molecule has 1 unspecified atom stereocenters. The maximum atomic E-state index is 11.8. The summed E-state index contributed by atoms with van der Waals surface area (Å²) in [5.41, 5.74) is 0.147. The van der Waals surface area contributed by atoms with E-state index in [-0.39, 0.29) is 5.41 Å². The number of hydrogen-bond donors (Lipinski definition) is 0. The van der Waals surface area contributed by atoms with Crippen molar-refractivity contribution in [3.63, 3.8) is 0 Å². The average molecular weight is 214 g/mol. The monoisotopic (exact) mass is 214 g/mol. The molecule has 0 aromatic carbocycles. The maximum absolute atomic E-state index is 11.8. The zero-order chi connectivity index (χ0) is 11.0. The first-order valence-corrected chi connectivity index (χ1v) is 6.64. The normalized spacial score (nSPS) is 16.6.